The van der Waals surface area contributed by atoms with Crippen LogP contribution in [0.5, 0.6) is 5.75 Å². The molecular weight excluding hydrogens is 559 g/mol. The van der Waals surface area contributed by atoms with Crippen molar-refractivity contribution in [3.63, 3.8) is 0 Å². The van der Waals surface area contributed by atoms with Gasteiger partial charge in [-0.25, -0.2) is 9.67 Å². The average Bonchev–Trinajstić information content (AvgIpc) is 3.42. The van der Waals surface area contributed by atoms with Crippen molar-refractivity contribution in [2.75, 3.05) is 0 Å². The smallest absolute Gasteiger partial charge is 0.406 e. The van der Waals surface area contributed by atoms with Crippen molar-refractivity contribution in [3.8, 4) is 22.8 Å². The van der Waals surface area contributed by atoms with Crippen LogP contribution in [0.1, 0.15) is 67.7 Å². The quantitative estimate of drug-likeness (QED) is 0.115. The van der Waals surface area contributed by atoms with Crippen molar-refractivity contribution in [1.29, 1.82) is 0 Å². The number of aryl methyl sites for hydroxylation is 2. The fourth-order valence-electron chi connectivity index (χ4n) is 4.79. The molecule has 4 aromatic rings. The van der Waals surface area contributed by atoms with Gasteiger partial charge in [0.1, 0.15) is 17.9 Å². The van der Waals surface area contributed by atoms with E-state index in [1.807, 2.05) is 24.3 Å². The van der Waals surface area contributed by atoms with Crippen molar-refractivity contribution in [2.45, 2.75) is 71.6 Å². The fourth-order valence-corrected chi connectivity index (χ4v) is 5.10. The van der Waals surface area contributed by atoms with Crippen molar-refractivity contribution < 1.29 is 22.7 Å². The summed E-state index contributed by atoms with van der Waals surface area (Å²) in [5.41, 5.74) is 6.29. The molecule has 0 spiro atoms. The SMILES string of the molecule is Cc1ccc(CC(=S)CC(=O)CCCCc2ccc(-c3ncn(-c4ccc(OC(F)(F)F)cc4)n3)cc2)c(C(C)C)c1. The molecule has 3 aromatic carbocycles. The van der Waals surface area contributed by atoms with Gasteiger partial charge in [-0.15, -0.1) is 18.3 Å². The van der Waals surface area contributed by atoms with Gasteiger partial charge in [-0.3, -0.25) is 4.79 Å². The minimum Gasteiger partial charge on any atom is -0.406 e. The molecule has 5 nitrogen and oxygen atoms in total. The summed E-state index contributed by atoms with van der Waals surface area (Å²) in [5.74, 6) is 0.813. The predicted molar refractivity (Wildman–Crippen MR) is 162 cm³/mol. The Morgan fingerprint density at radius 2 is 1.71 bits per heavy atom. The van der Waals surface area contributed by atoms with Gasteiger partial charge < -0.3 is 4.74 Å². The number of benzene rings is 3. The molecule has 0 saturated carbocycles. The number of unbranched alkanes of at least 4 members (excludes halogenated alkanes) is 1. The van der Waals surface area contributed by atoms with E-state index in [1.54, 1.807) is 0 Å². The molecule has 220 valence electrons. The van der Waals surface area contributed by atoms with Crippen molar-refractivity contribution in [2.24, 2.45) is 0 Å². The maximum atomic E-state index is 12.6. The van der Waals surface area contributed by atoms with Crippen LogP contribution >= 0.6 is 12.2 Å². The normalized spacial score (nSPS) is 11.6. The zero-order valence-electron chi connectivity index (χ0n) is 23.9. The molecule has 9 heteroatoms. The molecule has 0 aliphatic carbocycles. The zero-order chi connectivity index (χ0) is 30.3. The summed E-state index contributed by atoms with van der Waals surface area (Å²) in [5, 5.41) is 4.44. The predicted octanol–water partition coefficient (Wildman–Crippen LogP) is 8.55. The summed E-state index contributed by atoms with van der Waals surface area (Å²) >= 11 is 5.58. The van der Waals surface area contributed by atoms with Crippen LogP contribution in [0.25, 0.3) is 17.1 Å². The van der Waals surface area contributed by atoms with Crippen LogP contribution in [0.4, 0.5) is 13.2 Å². The van der Waals surface area contributed by atoms with Gasteiger partial charge in [-0.05, 0) is 73.1 Å². The third-order valence-electron chi connectivity index (χ3n) is 6.92. The van der Waals surface area contributed by atoms with E-state index in [-0.39, 0.29) is 11.5 Å². The van der Waals surface area contributed by atoms with Crippen molar-refractivity contribution in [1.82, 2.24) is 14.8 Å². The highest BCUT2D eigenvalue weighted by Gasteiger charge is 2.31. The highest BCUT2D eigenvalue weighted by Crippen LogP contribution is 2.25. The molecule has 0 atom stereocenters. The maximum absolute atomic E-state index is 12.6. The van der Waals surface area contributed by atoms with Crippen LogP contribution in [0.2, 0.25) is 0 Å². The number of hydrogen-bond donors (Lipinski definition) is 0. The lowest BCUT2D eigenvalue weighted by molar-refractivity contribution is -0.274. The molecule has 0 amide bonds. The van der Waals surface area contributed by atoms with E-state index in [9.17, 15) is 18.0 Å². The van der Waals surface area contributed by atoms with Crippen LogP contribution in [-0.2, 0) is 17.6 Å². The van der Waals surface area contributed by atoms with E-state index in [0.29, 0.717) is 36.7 Å². The monoisotopic (exact) mass is 593 g/mol. The first-order valence-electron chi connectivity index (χ1n) is 14.0. The molecule has 0 radical (unpaired) electrons. The van der Waals surface area contributed by atoms with E-state index >= 15 is 0 Å². The highest BCUT2D eigenvalue weighted by atomic mass is 32.1. The molecule has 0 fully saturated rings. The summed E-state index contributed by atoms with van der Waals surface area (Å²) in [7, 11) is 0. The summed E-state index contributed by atoms with van der Waals surface area (Å²) in [4.78, 5) is 17.7. The van der Waals surface area contributed by atoms with Crippen molar-refractivity contribution >= 4 is 22.9 Å². The number of ketones is 1. The molecule has 1 heterocycles. The Balaban J connectivity index is 1.21. The first-order valence-corrected chi connectivity index (χ1v) is 14.4. The van der Waals surface area contributed by atoms with Gasteiger partial charge in [-0.1, -0.05) is 74.1 Å². The van der Waals surface area contributed by atoms with E-state index in [1.165, 1.54) is 52.0 Å². The van der Waals surface area contributed by atoms with Gasteiger partial charge >= 0.3 is 6.36 Å². The number of nitrogens with zero attached hydrogens (tertiary/aromatic N) is 3. The number of Topliss-reactive ketones (excluding diaryl/α,β-unsaturated/α-hetero) is 1. The second-order valence-electron chi connectivity index (χ2n) is 10.7. The van der Waals surface area contributed by atoms with Crippen molar-refractivity contribution in [3.05, 3.63) is 95.3 Å². The summed E-state index contributed by atoms with van der Waals surface area (Å²) < 4.78 is 42.5. The Morgan fingerprint density at radius 1 is 1.00 bits per heavy atom. The third-order valence-corrected chi connectivity index (χ3v) is 7.20. The molecule has 1 aromatic heterocycles. The Bertz CT molecular complexity index is 1510. The summed E-state index contributed by atoms with van der Waals surface area (Å²) in [6.07, 6.45) is 0.868. The largest absolute Gasteiger partial charge is 0.573 e. The first kappa shape index (κ1) is 31.1. The number of aromatic nitrogens is 3. The minimum atomic E-state index is -4.74. The topological polar surface area (TPSA) is 57.0 Å². The molecule has 0 saturated heterocycles. The summed E-state index contributed by atoms with van der Waals surface area (Å²) in [6.45, 7) is 6.44. The van der Waals surface area contributed by atoms with Gasteiger partial charge in [-0.2, -0.15) is 0 Å². The van der Waals surface area contributed by atoms with E-state index in [4.69, 9.17) is 12.2 Å². The second kappa shape index (κ2) is 13.9. The lowest BCUT2D eigenvalue weighted by Gasteiger charge is -2.14. The fraction of sp³-hybridized carbons (Fsp3) is 0.333. The number of carbonyl (C=O) groups is 1. The molecule has 42 heavy (non-hydrogen) atoms. The molecule has 0 N–H and O–H groups in total. The van der Waals surface area contributed by atoms with Crippen LogP contribution in [0, 0.1) is 6.92 Å². The lowest BCUT2D eigenvalue weighted by atomic mass is 9.92. The van der Waals surface area contributed by atoms with Crippen LogP contribution < -0.4 is 4.74 Å². The molecule has 0 aliphatic rings. The maximum Gasteiger partial charge on any atom is 0.573 e. The number of ether oxygens (including phenoxy) is 1. The Kier molecular flexibility index (Phi) is 10.3. The number of hydrogen-bond acceptors (Lipinski definition) is 5. The molecule has 4 rings (SSSR count). The average molecular weight is 594 g/mol. The Labute approximate surface area is 249 Å². The van der Waals surface area contributed by atoms with Gasteiger partial charge in [0.25, 0.3) is 0 Å². The van der Waals surface area contributed by atoms with Gasteiger partial charge in [0.05, 0.1) is 5.69 Å². The van der Waals surface area contributed by atoms with Crippen LogP contribution in [0.3, 0.4) is 0 Å². The van der Waals surface area contributed by atoms with E-state index < -0.39 is 6.36 Å². The van der Waals surface area contributed by atoms with Gasteiger partial charge in [0, 0.05) is 29.7 Å². The lowest BCUT2D eigenvalue weighted by Crippen LogP contribution is -2.17. The number of alkyl halides is 3. The zero-order valence-corrected chi connectivity index (χ0v) is 24.8. The summed E-state index contributed by atoms with van der Waals surface area (Å²) in [6, 6.07) is 19.8. The second-order valence-corrected chi connectivity index (χ2v) is 11.3. The van der Waals surface area contributed by atoms with Gasteiger partial charge in [0.2, 0.25) is 0 Å². The van der Waals surface area contributed by atoms with E-state index in [0.717, 1.165) is 35.3 Å². The highest BCUT2D eigenvalue weighted by molar-refractivity contribution is 7.80. The molecule has 0 unspecified atom stereocenters. The number of rotatable bonds is 13. The molecule has 0 bridgehead atoms. The molecular formula is C33H34F3N3O2S. The van der Waals surface area contributed by atoms with Crippen LogP contribution in [0.15, 0.2) is 73.1 Å². The number of thiocarbonyl (C=S) groups is 1. The Morgan fingerprint density at radius 3 is 2.38 bits per heavy atom. The van der Waals surface area contributed by atoms with E-state index in [2.05, 4.69) is 53.8 Å². The van der Waals surface area contributed by atoms with Crippen LogP contribution in [-0.4, -0.2) is 31.8 Å². The third kappa shape index (κ3) is 9.08. The first-order chi connectivity index (χ1) is 20.0. The minimum absolute atomic E-state index is 0.192. The standard InChI is InChI=1S/C33H34F3N3O2S/c1-22(2)31-18-23(3)8-11-26(31)19-30(42)20-28(40)7-5-4-6-24-9-12-25(13-10-24)32-37-21-39(38-32)27-14-16-29(17-15-27)41-33(34,35)36/h8-18,21-22H,4-7,19-20H2,1-3H3. The van der Waals surface area contributed by atoms with Gasteiger partial charge in [0.15, 0.2) is 5.82 Å². The molecule has 0 aliphatic heterocycles. The Hall–Kier alpha value is -3.85. The number of halogens is 3. The number of carbonyl (C=O) groups excluding carboxylic acids is 1.